The van der Waals surface area contributed by atoms with Crippen molar-refractivity contribution in [2.45, 2.75) is 12.8 Å². The molecule has 0 fully saturated rings. The average molecular weight is 425 g/mol. The van der Waals surface area contributed by atoms with E-state index in [-0.39, 0.29) is 23.8 Å². The van der Waals surface area contributed by atoms with Gasteiger partial charge in [-0.2, -0.15) is 0 Å². The van der Waals surface area contributed by atoms with Crippen molar-refractivity contribution in [2.75, 3.05) is 10.6 Å². The number of nitrogens with one attached hydrogen (secondary N) is 3. The van der Waals surface area contributed by atoms with Crippen LogP contribution in [0.5, 0.6) is 0 Å². The van der Waals surface area contributed by atoms with Crippen LogP contribution in [0.1, 0.15) is 22.5 Å². The number of hydrogen-bond acceptors (Lipinski definition) is 7. The molecule has 146 valence electrons. The van der Waals surface area contributed by atoms with Gasteiger partial charge in [0.25, 0.3) is 5.91 Å². The van der Waals surface area contributed by atoms with Gasteiger partial charge in [0.05, 0.1) is 21.5 Å². The van der Waals surface area contributed by atoms with Crippen molar-refractivity contribution in [3.05, 3.63) is 69.6 Å². The number of pyridine rings is 1. The van der Waals surface area contributed by atoms with Crippen molar-refractivity contribution in [1.29, 1.82) is 0 Å². The Morgan fingerprint density at radius 1 is 1.03 bits per heavy atom. The summed E-state index contributed by atoms with van der Waals surface area (Å²) in [5.74, 6) is -0.508. The van der Waals surface area contributed by atoms with E-state index in [1.54, 1.807) is 5.38 Å². The summed E-state index contributed by atoms with van der Waals surface area (Å²) in [6, 6.07) is 10.4. The first kappa shape index (κ1) is 19.0. The second-order valence-corrected chi connectivity index (χ2v) is 7.96. The summed E-state index contributed by atoms with van der Waals surface area (Å²) in [4.78, 5) is 46.6. The van der Waals surface area contributed by atoms with Gasteiger partial charge in [-0.3, -0.25) is 19.7 Å². The fourth-order valence-corrected chi connectivity index (χ4v) is 4.17. The van der Waals surface area contributed by atoms with Gasteiger partial charge in [0, 0.05) is 24.1 Å². The quantitative estimate of drug-likeness (QED) is 0.438. The van der Waals surface area contributed by atoms with E-state index in [0.717, 1.165) is 10.2 Å². The monoisotopic (exact) mass is 425 g/mol. The summed E-state index contributed by atoms with van der Waals surface area (Å²) in [5.41, 5.74) is 1.63. The van der Waals surface area contributed by atoms with Gasteiger partial charge in [-0.15, -0.1) is 11.3 Å². The average Bonchev–Trinajstić information content (AvgIpc) is 3.32. The number of anilines is 2. The van der Waals surface area contributed by atoms with E-state index >= 15 is 0 Å². The van der Waals surface area contributed by atoms with Crippen LogP contribution in [0.25, 0.3) is 10.2 Å². The van der Waals surface area contributed by atoms with E-state index in [1.165, 1.54) is 41.0 Å². The number of benzene rings is 1. The van der Waals surface area contributed by atoms with Gasteiger partial charge in [-0.05, 0) is 24.6 Å². The van der Waals surface area contributed by atoms with Crippen molar-refractivity contribution in [3.8, 4) is 0 Å². The number of aromatic amines is 1. The number of hydrogen-bond donors (Lipinski definition) is 3. The molecule has 0 atom stereocenters. The van der Waals surface area contributed by atoms with Gasteiger partial charge < -0.3 is 10.3 Å². The van der Waals surface area contributed by atoms with Crippen LogP contribution in [-0.4, -0.2) is 26.8 Å². The highest BCUT2D eigenvalue weighted by Gasteiger charge is 2.11. The Hall–Kier alpha value is -3.37. The number of rotatable bonds is 6. The molecule has 0 saturated heterocycles. The lowest BCUT2D eigenvalue weighted by atomic mass is 10.2. The lowest BCUT2D eigenvalue weighted by molar-refractivity contribution is -0.116. The van der Waals surface area contributed by atoms with Crippen LogP contribution < -0.4 is 16.2 Å². The second-order valence-electron chi connectivity index (χ2n) is 6.07. The third kappa shape index (κ3) is 4.73. The van der Waals surface area contributed by atoms with Gasteiger partial charge in [-0.1, -0.05) is 23.5 Å². The van der Waals surface area contributed by atoms with Crippen LogP contribution in [0.2, 0.25) is 0 Å². The van der Waals surface area contributed by atoms with E-state index in [1.807, 2.05) is 24.3 Å². The van der Waals surface area contributed by atoms with Gasteiger partial charge in [0.2, 0.25) is 11.5 Å². The van der Waals surface area contributed by atoms with E-state index in [9.17, 15) is 14.4 Å². The zero-order valence-corrected chi connectivity index (χ0v) is 16.6. The standard InChI is InChI=1S/C19H15N5O3S2/c25-15-7-5-11(9-20-15)17(27)24-18-21-12(10-28-18)6-8-16(26)23-19-22-13-3-1-2-4-14(13)29-19/h1-5,7,9-10H,6,8H2,(H,20,25)(H,21,24,27)(H,22,23,26). The minimum atomic E-state index is -0.365. The van der Waals surface area contributed by atoms with Crippen molar-refractivity contribution >= 4 is 55.0 Å². The summed E-state index contributed by atoms with van der Waals surface area (Å²) >= 11 is 2.71. The first-order valence-electron chi connectivity index (χ1n) is 8.67. The van der Waals surface area contributed by atoms with Crippen molar-refractivity contribution < 1.29 is 9.59 Å². The Bertz CT molecular complexity index is 1190. The summed E-state index contributed by atoms with van der Waals surface area (Å²) in [6.45, 7) is 0. The first-order chi connectivity index (χ1) is 14.1. The molecule has 29 heavy (non-hydrogen) atoms. The fourth-order valence-electron chi connectivity index (χ4n) is 2.55. The number of aryl methyl sites for hydroxylation is 1. The second kappa shape index (κ2) is 8.33. The van der Waals surface area contributed by atoms with Crippen molar-refractivity contribution in [2.24, 2.45) is 0 Å². The Labute approximate surface area is 172 Å². The SMILES string of the molecule is O=C(CCc1csc(NC(=O)c2ccc(=O)[nH]c2)n1)Nc1nc2ccccc2s1. The molecule has 0 aliphatic heterocycles. The Morgan fingerprint density at radius 3 is 2.69 bits per heavy atom. The number of nitrogens with zero attached hydrogens (tertiary/aromatic N) is 2. The number of H-pyrrole nitrogens is 1. The molecule has 0 unspecified atom stereocenters. The Morgan fingerprint density at radius 2 is 1.90 bits per heavy atom. The molecular formula is C19H15N5O3S2. The summed E-state index contributed by atoms with van der Waals surface area (Å²) in [6.07, 6.45) is 2.05. The maximum atomic E-state index is 12.2. The van der Waals surface area contributed by atoms with E-state index in [0.29, 0.717) is 27.9 Å². The molecular weight excluding hydrogens is 410 g/mol. The number of carbonyl (C=O) groups excluding carboxylic acids is 2. The van der Waals surface area contributed by atoms with E-state index in [2.05, 4.69) is 25.6 Å². The van der Waals surface area contributed by atoms with Gasteiger partial charge in [-0.25, -0.2) is 9.97 Å². The van der Waals surface area contributed by atoms with Gasteiger partial charge in [0.15, 0.2) is 10.3 Å². The minimum Gasteiger partial charge on any atom is -0.328 e. The number of aromatic nitrogens is 3. The normalized spacial score (nSPS) is 10.8. The smallest absolute Gasteiger partial charge is 0.258 e. The molecule has 3 N–H and O–H groups in total. The highest BCUT2D eigenvalue weighted by molar-refractivity contribution is 7.22. The summed E-state index contributed by atoms with van der Waals surface area (Å²) in [7, 11) is 0. The Balaban J connectivity index is 1.30. The molecule has 1 aromatic carbocycles. The van der Waals surface area contributed by atoms with Gasteiger partial charge in [0.1, 0.15) is 0 Å². The third-order valence-corrected chi connectivity index (χ3v) is 5.73. The topological polar surface area (TPSA) is 117 Å². The number of para-hydroxylation sites is 1. The molecule has 3 aromatic heterocycles. The molecule has 0 radical (unpaired) electrons. The number of carbonyl (C=O) groups is 2. The van der Waals surface area contributed by atoms with E-state index < -0.39 is 0 Å². The fraction of sp³-hybridized carbons (Fsp3) is 0.105. The highest BCUT2D eigenvalue weighted by atomic mass is 32.1. The van der Waals surface area contributed by atoms with Crippen LogP contribution in [0.15, 0.2) is 52.8 Å². The molecule has 2 amide bonds. The molecule has 4 aromatic rings. The molecule has 3 heterocycles. The number of amides is 2. The van der Waals surface area contributed by atoms with Gasteiger partial charge >= 0.3 is 0 Å². The number of fused-ring (bicyclic) bond motifs is 1. The maximum absolute atomic E-state index is 12.2. The highest BCUT2D eigenvalue weighted by Crippen LogP contribution is 2.25. The molecule has 0 bridgehead atoms. The largest absolute Gasteiger partial charge is 0.328 e. The summed E-state index contributed by atoms with van der Waals surface area (Å²) in [5, 5.41) is 8.29. The number of thiazole rings is 2. The molecule has 0 aliphatic carbocycles. The van der Waals surface area contributed by atoms with Crippen LogP contribution >= 0.6 is 22.7 Å². The third-order valence-electron chi connectivity index (χ3n) is 3.97. The Kier molecular flexibility index (Phi) is 5.45. The minimum absolute atomic E-state index is 0.143. The predicted molar refractivity (Wildman–Crippen MR) is 114 cm³/mol. The lowest BCUT2D eigenvalue weighted by Gasteiger charge is -2.01. The predicted octanol–water partition coefficient (Wildman–Crippen LogP) is 3.26. The molecule has 10 heteroatoms. The molecule has 4 rings (SSSR count). The van der Waals surface area contributed by atoms with Crippen molar-refractivity contribution in [3.63, 3.8) is 0 Å². The molecule has 8 nitrogen and oxygen atoms in total. The van der Waals surface area contributed by atoms with Crippen molar-refractivity contribution in [1.82, 2.24) is 15.0 Å². The molecule has 0 saturated carbocycles. The maximum Gasteiger partial charge on any atom is 0.258 e. The first-order valence-corrected chi connectivity index (χ1v) is 10.4. The lowest BCUT2D eigenvalue weighted by Crippen LogP contribution is -2.14. The van der Waals surface area contributed by atoms with Crippen LogP contribution in [0, 0.1) is 0 Å². The zero-order valence-electron chi connectivity index (χ0n) is 15.0. The van der Waals surface area contributed by atoms with Crippen LogP contribution in [-0.2, 0) is 11.2 Å². The van der Waals surface area contributed by atoms with Crippen LogP contribution in [0.3, 0.4) is 0 Å². The zero-order chi connectivity index (χ0) is 20.2. The van der Waals surface area contributed by atoms with Crippen LogP contribution in [0.4, 0.5) is 10.3 Å². The molecule has 0 spiro atoms. The van der Waals surface area contributed by atoms with E-state index in [4.69, 9.17) is 0 Å². The summed E-state index contributed by atoms with van der Waals surface area (Å²) < 4.78 is 1.02. The molecule has 0 aliphatic rings.